The standard InChI is InChI=1S/C13H19ClN2/c1-9-8-16(10(2)7-15-9)13-6-4-5-12(14)11(13)3/h4-6,9-10,15H,7-8H2,1-3H3. The topological polar surface area (TPSA) is 15.3 Å². The van der Waals surface area contributed by atoms with Crippen LogP contribution in [0.4, 0.5) is 5.69 Å². The fraction of sp³-hybridized carbons (Fsp3) is 0.538. The van der Waals surface area contributed by atoms with E-state index in [0.29, 0.717) is 12.1 Å². The van der Waals surface area contributed by atoms with Crippen LogP contribution in [0.5, 0.6) is 0 Å². The number of piperazine rings is 1. The van der Waals surface area contributed by atoms with Crippen LogP contribution in [-0.4, -0.2) is 25.2 Å². The van der Waals surface area contributed by atoms with Gasteiger partial charge in [-0.1, -0.05) is 17.7 Å². The van der Waals surface area contributed by atoms with Gasteiger partial charge in [0.25, 0.3) is 0 Å². The van der Waals surface area contributed by atoms with E-state index in [1.54, 1.807) is 0 Å². The van der Waals surface area contributed by atoms with Gasteiger partial charge in [0.05, 0.1) is 0 Å². The molecule has 1 aromatic carbocycles. The zero-order valence-corrected chi connectivity index (χ0v) is 10.9. The molecule has 0 saturated carbocycles. The third kappa shape index (κ3) is 2.18. The maximum absolute atomic E-state index is 6.17. The van der Waals surface area contributed by atoms with Gasteiger partial charge in [-0.15, -0.1) is 0 Å². The number of nitrogens with zero attached hydrogens (tertiary/aromatic N) is 1. The molecule has 0 bridgehead atoms. The summed E-state index contributed by atoms with van der Waals surface area (Å²) in [5.41, 5.74) is 2.46. The number of hydrogen-bond donors (Lipinski definition) is 1. The molecule has 16 heavy (non-hydrogen) atoms. The normalized spacial score (nSPS) is 25.9. The Morgan fingerprint density at radius 3 is 2.88 bits per heavy atom. The van der Waals surface area contributed by atoms with E-state index in [2.05, 4.69) is 37.1 Å². The van der Waals surface area contributed by atoms with Gasteiger partial charge in [0.2, 0.25) is 0 Å². The van der Waals surface area contributed by atoms with E-state index in [1.165, 1.54) is 11.3 Å². The van der Waals surface area contributed by atoms with Gasteiger partial charge in [-0.25, -0.2) is 0 Å². The minimum absolute atomic E-state index is 0.522. The Kier molecular flexibility index (Phi) is 3.41. The molecule has 3 heteroatoms. The number of benzene rings is 1. The average Bonchev–Trinajstić information content (AvgIpc) is 2.26. The predicted octanol–water partition coefficient (Wildman–Crippen LogP) is 2.84. The highest BCUT2D eigenvalue weighted by molar-refractivity contribution is 6.31. The van der Waals surface area contributed by atoms with Crippen LogP contribution in [0.3, 0.4) is 0 Å². The van der Waals surface area contributed by atoms with E-state index in [9.17, 15) is 0 Å². The van der Waals surface area contributed by atoms with Crippen molar-refractivity contribution in [2.45, 2.75) is 32.9 Å². The van der Waals surface area contributed by atoms with Gasteiger partial charge < -0.3 is 10.2 Å². The molecular weight excluding hydrogens is 220 g/mol. The maximum Gasteiger partial charge on any atom is 0.0455 e. The molecule has 1 fully saturated rings. The molecule has 0 aliphatic carbocycles. The first-order valence-electron chi connectivity index (χ1n) is 5.84. The van der Waals surface area contributed by atoms with Crippen LogP contribution in [0.2, 0.25) is 5.02 Å². The Labute approximate surface area is 103 Å². The van der Waals surface area contributed by atoms with Crippen LogP contribution in [0.1, 0.15) is 19.4 Å². The van der Waals surface area contributed by atoms with Gasteiger partial charge in [-0.3, -0.25) is 0 Å². The van der Waals surface area contributed by atoms with Crippen LogP contribution < -0.4 is 10.2 Å². The van der Waals surface area contributed by atoms with Crippen molar-refractivity contribution in [3.05, 3.63) is 28.8 Å². The summed E-state index contributed by atoms with van der Waals surface area (Å²) in [6, 6.07) is 7.21. The van der Waals surface area contributed by atoms with E-state index in [-0.39, 0.29) is 0 Å². The molecule has 2 nitrogen and oxygen atoms in total. The van der Waals surface area contributed by atoms with Gasteiger partial charge >= 0.3 is 0 Å². The second kappa shape index (κ2) is 4.64. The quantitative estimate of drug-likeness (QED) is 0.810. The van der Waals surface area contributed by atoms with E-state index in [1.807, 2.05) is 12.1 Å². The minimum Gasteiger partial charge on any atom is -0.366 e. The van der Waals surface area contributed by atoms with E-state index in [0.717, 1.165) is 18.1 Å². The highest BCUT2D eigenvalue weighted by Gasteiger charge is 2.23. The van der Waals surface area contributed by atoms with Crippen LogP contribution in [-0.2, 0) is 0 Å². The lowest BCUT2D eigenvalue weighted by Gasteiger charge is -2.40. The maximum atomic E-state index is 6.17. The molecule has 1 aromatic rings. The molecule has 1 aliphatic heterocycles. The van der Waals surface area contributed by atoms with Gasteiger partial charge in [-0.2, -0.15) is 0 Å². The number of halogens is 1. The molecule has 0 radical (unpaired) electrons. The van der Waals surface area contributed by atoms with Gasteiger partial charge in [0, 0.05) is 35.9 Å². The van der Waals surface area contributed by atoms with E-state index in [4.69, 9.17) is 11.6 Å². The minimum atomic E-state index is 0.522. The van der Waals surface area contributed by atoms with E-state index >= 15 is 0 Å². The van der Waals surface area contributed by atoms with Gasteiger partial charge in [0.15, 0.2) is 0 Å². The summed E-state index contributed by atoms with van der Waals surface area (Å²) in [5.74, 6) is 0. The lowest BCUT2D eigenvalue weighted by molar-refractivity contribution is 0.425. The first-order chi connectivity index (χ1) is 7.59. The number of rotatable bonds is 1. The van der Waals surface area contributed by atoms with Crippen molar-refractivity contribution in [1.82, 2.24) is 5.32 Å². The molecule has 0 spiro atoms. The second-order valence-corrected chi connectivity index (χ2v) is 5.10. The third-order valence-electron chi connectivity index (χ3n) is 3.31. The molecule has 1 N–H and O–H groups in total. The summed E-state index contributed by atoms with van der Waals surface area (Å²) in [6.07, 6.45) is 0. The number of nitrogens with one attached hydrogen (secondary N) is 1. The molecule has 2 rings (SSSR count). The van der Waals surface area contributed by atoms with Gasteiger partial charge in [-0.05, 0) is 38.5 Å². The smallest absolute Gasteiger partial charge is 0.0455 e. The zero-order chi connectivity index (χ0) is 11.7. The van der Waals surface area contributed by atoms with Crippen molar-refractivity contribution in [2.24, 2.45) is 0 Å². The first kappa shape index (κ1) is 11.7. The molecule has 88 valence electrons. The summed E-state index contributed by atoms with van der Waals surface area (Å²) in [7, 11) is 0. The van der Waals surface area contributed by atoms with Crippen molar-refractivity contribution in [3.8, 4) is 0 Å². The molecule has 0 aromatic heterocycles. The monoisotopic (exact) mass is 238 g/mol. The summed E-state index contributed by atoms with van der Waals surface area (Å²) < 4.78 is 0. The largest absolute Gasteiger partial charge is 0.366 e. The van der Waals surface area contributed by atoms with Crippen molar-refractivity contribution in [2.75, 3.05) is 18.0 Å². The molecule has 2 unspecified atom stereocenters. The Morgan fingerprint density at radius 2 is 2.12 bits per heavy atom. The van der Waals surface area contributed by atoms with Crippen LogP contribution in [0, 0.1) is 6.92 Å². The summed E-state index contributed by atoms with van der Waals surface area (Å²) in [4.78, 5) is 2.45. The van der Waals surface area contributed by atoms with Crippen molar-refractivity contribution in [3.63, 3.8) is 0 Å². The van der Waals surface area contributed by atoms with Crippen molar-refractivity contribution >= 4 is 17.3 Å². The molecular formula is C13H19ClN2. The predicted molar refractivity (Wildman–Crippen MR) is 70.5 cm³/mol. The highest BCUT2D eigenvalue weighted by atomic mass is 35.5. The second-order valence-electron chi connectivity index (χ2n) is 4.69. The lowest BCUT2D eigenvalue weighted by Crippen LogP contribution is -2.54. The molecule has 0 amide bonds. The van der Waals surface area contributed by atoms with Crippen molar-refractivity contribution < 1.29 is 0 Å². The Hall–Kier alpha value is -0.730. The Balaban J connectivity index is 2.31. The van der Waals surface area contributed by atoms with Crippen LogP contribution in [0.15, 0.2) is 18.2 Å². The molecule has 2 atom stereocenters. The summed E-state index contributed by atoms with van der Waals surface area (Å²) in [6.45, 7) is 8.64. The Morgan fingerprint density at radius 1 is 1.38 bits per heavy atom. The SMILES string of the molecule is Cc1c(Cl)cccc1N1CC(C)NCC1C. The average molecular weight is 239 g/mol. The number of hydrogen-bond acceptors (Lipinski definition) is 2. The first-order valence-corrected chi connectivity index (χ1v) is 6.22. The fourth-order valence-corrected chi connectivity index (χ4v) is 2.43. The molecule has 1 aliphatic rings. The van der Waals surface area contributed by atoms with E-state index < -0.39 is 0 Å². The lowest BCUT2D eigenvalue weighted by atomic mass is 10.1. The summed E-state index contributed by atoms with van der Waals surface area (Å²) >= 11 is 6.17. The Bertz CT molecular complexity index is 378. The summed E-state index contributed by atoms with van der Waals surface area (Å²) in [5, 5.41) is 4.35. The van der Waals surface area contributed by atoms with Crippen molar-refractivity contribution in [1.29, 1.82) is 0 Å². The zero-order valence-electron chi connectivity index (χ0n) is 10.1. The number of anilines is 1. The van der Waals surface area contributed by atoms with Gasteiger partial charge in [0.1, 0.15) is 0 Å². The molecule has 1 saturated heterocycles. The van der Waals surface area contributed by atoms with Crippen LogP contribution in [0.25, 0.3) is 0 Å². The van der Waals surface area contributed by atoms with Crippen LogP contribution >= 0.6 is 11.6 Å². The molecule has 1 heterocycles. The fourth-order valence-electron chi connectivity index (χ4n) is 2.26. The highest BCUT2D eigenvalue weighted by Crippen LogP contribution is 2.28. The third-order valence-corrected chi connectivity index (χ3v) is 3.72.